The van der Waals surface area contributed by atoms with E-state index < -0.39 is 69.1 Å². The second kappa shape index (κ2) is 17.5. The summed E-state index contributed by atoms with van der Waals surface area (Å²) in [4.78, 5) is 61.9. The molecule has 0 bridgehead atoms. The lowest BCUT2D eigenvalue weighted by Gasteiger charge is -2.30. The number of benzene rings is 3. The third-order valence-electron chi connectivity index (χ3n) is 10.2. The summed E-state index contributed by atoms with van der Waals surface area (Å²) in [6.07, 6.45) is 0.139. The molecule has 59 heavy (non-hydrogen) atoms. The average molecular weight is 827 g/mol. The molecule has 2 heterocycles. The van der Waals surface area contributed by atoms with Crippen molar-refractivity contribution < 1.29 is 41.8 Å². The third kappa shape index (κ3) is 9.83. The Morgan fingerprint density at radius 1 is 1.02 bits per heavy atom. The van der Waals surface area contributed by atoms with Gasteiger partial charge in [-0.1, -0.05) is 54.6 Å². The molecule has 16 heteroatoms. The highest BCUT2D eigenvalue weighted by atomic mass is 32.2. The number of carbonyl (C=O) groups excluding carboxylic acids is 4. The molecule has 1 unspecified atom stereocenters. The fourth-order valence-corrected chi connectivity index (χ4v) is 8.18. The summed E-state index contributed by atoms with van der Waals surface area (Å²) in [6.45, 7) is 9.17. The molecule has 312 valence electrons. The normalized spacial score (nSPS) is 20.6. The first-order valence-electron chi connectivity index (χ1n) is 19.3. The number of sulfonamides is 1. The lowest BCUT2D eigenvalue weighted by Crippen LogP contribution is -2.58. The van der Waals surface area contributed by atoms with E-state index in [1.54, 1.807) is 59.2 Å². The molecule has 15 nitrogen and oxygen atoms in total. The minimum absolute atomic E-state index is 0.0117. The van der Waals surface area contributed by atoms with Crippen LogP contribution >= 0.6 is 0 Å². The molecule has 2 fully saturated rings. The largest absolute Gasteiger partial charge is 0.497 e. The van der Waals surface area contributed by atoms with Crippen LogP contribution < -0.4 is 30.1 Å². The Labute approximate surface area is 343 Å². The van der Waals surface area contributed by atoms with Gasteiger partial charge in [-0.2, -0.15) is 0 Å². The predicted molar refractivity (Wildman–Crippen MR) is 221 cm³/mol. The lowest BCUT2D eigenvalue weighted by molar-refractivity contribution is -0.141. The molecule has 4 N–H and O–H groups in total. The minimum Gasteiger partial charge on any atom is -0.497 e. The Kier molecular flexibility index (Phi) is 12.6. The maximum Gasteiger partial charge on any atom is 0.408 e. The molecule has 1 aromatic heterocycles. The van der Waals surface area contributed by atoms with Crippen molar-refractivity contribution in [2.45, 2.75) is 74.3 Å². The Morgan fingerprint density at radius 2 is 1.71 bits per heavy atom. The quantitative estimate of drug-likeness (QED) is 0.125. The van der Waals surface area contributed by atoms with Crippen LogP contribution in [-0.4, -0.2) is 98.7 Å². The number of amides is 4. The van der Waals surface area contributed by atoms with Gasteiger partial charge in [-0.25, -0.2) is 22.9 Å². The van der Waals surface area contributed by atoms with Gasteiger partial charge in [0.05, 0.1) is 29.8 Å². The van der Waals surface area contributed by atoms with Crippen LogP contribution in [0.3, 0.4) is 0 Å². The molecule has 0 radical (unpaired) electrons. The van der Waals surface area contributed by atoms with E-state index in [1.165, 1.54) is 35.2 Å². The molecule has 5 atom stereocenters. The molecule has 2 aliphatic rings. The van der Waals surface area contributed by atoms with Crippen LogP contribution in [0.15, 0.2) is 102 Å². The highest BCUT2D eigenvalue weighted by Gasteiger charge is 2.61. The topological polar surface area (TPSA) is 194 Å². The molecule has 1 aliphatic carbocycles. The van der Waals surface area contributed by atoms with Crippen LogP contribution in [0.1, 0.15) is 40.0 Å². The first kappa shape index (κ1) is 42.6. The zero-order valence-corrected chi connectivity index (χ0v) is 34.5. The van der Waals surface area contributed by atoms with Crippen molar-refractivity contribution >= 4 is 44.7 Å². The minimum atomic E-state index is -4.29. The van der Waals surface area contributed by atoms with Crippen LogP contribution in [0.2, 0.25) is 0 Å². The summed E-state index contributed by atoms with van der Waals surface area (Å²) >= 11 is 0. The maximum atomic E-state index is 14.6. The summed E-state index contributed by atoms with van der Waals surface area (Å²) in [7, 11) is -1.02. The van der Waals surface area contributed by atoms with Gasteiger partial charge in [-0.15, -0.1) is 6.58 Å². The standard InChI is InChI=1S/C43H50N6O9S/c1-7-28-25-43(28,40(52)48-59(54,55)31-16-12-9-13-17-31)47-38(50)36-23-30(26-49(36)39(51)33(20-21-44-5)46-41(53)58-42(2,3)4)57-37-24-34(27-14-10-8-11-15-27)45-35-22-29(56-6)18-19-32(35)37/h7-19,22,24,28,30,33,36,44H,1,20-21,23,25-26H2,2-6H3,(H,46,53)(H,47,50)(H,48,52)/t28-,30-,33?,36+,43-/m1/s1. The van der Waals surface area contributed by atoms with E-state index in [9.17, 15) is 27.6 Å². The van der Waals surface area contributed by atoms with Crippen LogP contribution in [0.5, 0.6) is 11.5 Å². The SMILES string of the molecule is C=C[C@@H]1C[C@]1(NC(=O)[C@@H]1C[C@@H](Oc2cc(-c3ccccc3)nc3cc(OC)ccc23)CN1C(=O)C(CCNC)NC(=O)OC(C)(C)C)C(=O)NS(=O)(=O)c1ccccc1. The lowest BCUT2D eigenvalue weighted by atomic mass is 10.1. The summed E-state index contributed by atoms with van der Waals surface area (Å²) in [5, 5.41) is 9.13. The second-order valence-electron chi connectivity index (χ2n) is 15.6. The fourth-order valence-electron chi connectivity index (χ4n) is 7.12. The molecule has 3 aromatic carbocycles. The third-order valence-corrected chi connectivity index (χ3v) is 11.5. The number of likely N-dealkylation sites (tertiary alicyclic amines) is 1. The van der Waals surface area contributed by atoms with Crippen molar-refractivity contribution in [2.24, 2.45) is 5.92 Å². The first-order valence-corrected chi connectivity index (χ1v) is 20.8. The van der Waals surface area contributed by atoms with E-state index in [0.717, 1.165) is 5.56 Å². The zero-order valence-electron chi connectivity index (χ0n) is 33.7. The highest BCUT2D eigenvalue weighted by Crippen LogP contribution is 2.45. The van der Waals surface area contributed by atoms with Gasteiger partial charge in [-0.3, -0.25) is 14.4 Å². The van der Waals surface area contributed by atoms with Crippen LogP contribution in [0.4, 0.5) is 4.79 Å². The van der Waals surface area contributed by atoms with Gasteiger partial charge in [0, 0.05) is 35.4 Å². The smallest absolute Gasteiger partial charge is 0.408 e. The molecular formula is C43H50N6O9S. The number of hydrogen-bond donors (Lipinski definition) is 4. The molecule has 4 amide bonds. The molecular weight excluding hydrogens is 777 g/mol. The van der Waals surface area contributed by atoms with Gasteiger partial charge in [0.25, 0.3) is 15.9 Å². The number of hydrogen-bond acceptors (Lipinski definition) is 11. The molecule has 6 rings (SSSR count). The second-order valence-corrected chi connectivity index (χ2v) is 17.3. The highest BCUT2D eigenvalue weighted by molar-refractivity contribution is 7.90. The number of rotatable bonds is 15. The van der Waals surface area contributed by atoms with E-state index in [-0.39, 0.29) is 30.7 Å². The number of pyridine rings is 1. The molecule has 1 saturated carbocycles. The fraction of sp³-hybridized carbons (Fsp3) is 0.372. The number of ether oxygens (including phenoxy) is 3. The van der Waals surface area contributed by atoms with E-state index in [2.05, 4.69) is 27.3 Å². The van der Waals surface area contributed by atoms with Gasteiger partial charge in [-0.05, 0) is 71.5 Å². The van der Waals surface area contributed by atoms with Crippen LogP contribution in [-0.2, 0) is 29.1 Å². The van der Waals surface area contributed by atoms with E-state index in [4.69, 9.17) is 19.2 Å². The van der Waals surface area contributed by atoms with E-state index in [0.29, 0.717) is 34.6 Å². The number of nitrogens with zero attached hydrogens (tertiary/aromatic N) is 2. The van der Waals surface area contributed by atoms with Crippen molar-refractivity contribution in [2.75, 3.05) is 27.2 Å². The molecule has 0 spiro atoms. The average Bonchev–Trinajstić information content (AvgIpc) is 3.77. The monoisotopic (exact) mass is 826 g/mol. The van der Waals surface area contributed by atoms with Gasteiger partial charge >= 0.3 is 6.09 Å². The Bertz CT molecular complexity index is 2320. The number of carbonyl (C=O) groups is 4. The van der Waals surface area contributed by atoms with Crippen molar-refractivity contribution in [3.63, 3.8) is 0 Å². The predicted octanol–water partition coefficient (Wildman–Crippen LogP) is 4.33. The number of fused-ring (bicyclic) bond motifs is 1. The number of aromatic nitrogens is 1. The van der Waals surface area contributed by atoms with Gasteiger partial charge in [0.15, 0.2) is 0 Å². The van der Waals surface area contributed by atoms with Gasteiger partial charge in [0.1, 0.15) is 40.8 Å². The summed E-state index contributed by atoms with van der Waals surface area (Å²) in [5.74, 6) is -1.77. The summed E-state index contributed by atoms with van der Waals surface area (Å²) < 4.78 is 46.1. The van der Waals surface area contributed by atoms with Gasteiger partial charge in [0.2, 0.25) is 11.8 Å². The first-order chi connectivity index (χ1) is 28.1. The van der Waals surface area contributed by atoms with E-state index >= 15 is 0 Å². The Morgan fingerprint density at radius 3 is 2.34 bits per heavy atom. The zero-order chi connectivity index (χ0) is 42.5. The van der Waals surface area contributed by atoms with Crippen LogP contribution in [0, 0.1) is 5.92 Å². The number of methoxy groups -OCH3 is 1. The van der Waals surface area contributed by atoms with Crippen molar-refractivity contribution in [1.29, 1.82) is 0 Å². The van der Waals surface area contributed by atoms with Gasteiger partial charge < -0.3 is 35.1 Å². The molecule has 1 aliphatic heterocycles. The van der Waals surface area contributed by atoms with E-state index in [1.807, 2.05) is 36.4 Å². The van der Waals surface area contributed by atoms with Crippen molar-refractivity contribution in [1.82, 2.24) is 30.6 Å². The summed E-state index contributed by atoms with van der Waals surface area (Å²) in [5.41, 5.74) is -0.447. The van der Waals surface area contributed by atoms with Crippen molar-refractivity contribution in [3.05, 3.63) is 97.6 Å². The molecule has 1 saturated heterocycles. The number of nitrogens with one attached hydrogen (secondary N) is 4. The van der Waals surface area contributed by atoms with Crippen molar-refractivity contribution in [3.8, 4) is 22.8 Å². The maximum absolute atomic E-state index is 14.6. The Balaban J connectivity index is 1.33. The summed E-state index contributed by atoms with van der Waals surface area (Å²) in [6, 6.07) is 21.8. The number of alkyl carbamates (subject to hydrolysis) is 1. The Hall–Kier alpha value is -6.00. The molecule has 4 aromatic rings. The van der Waals surface area contributed by atoms with Crippen LogP contribution in [0.25, 0.3) is 22.2 Å².